The highest BCUT2D eigenvalue weighted by Crippen LogP contribution is 2.14. The summed E-state index contributed by atoms with van der Waals surface area (Å²) in [5.41, 5.74) is -0.501. The first-order valence-corrected chi connectivity index (χ1v) is 10.9. The van der Waals surface area contributed by atoms with E-state index in [1.807, 2.05) is 20.8 Å². The average molecular weight is 543 g/mol. The maximum atomic E-state index is 12.0. The third kappa shape index (κ3) is 15.1. The number of halogens is 1. The van der Waals surface area contributed by atoms with Crippen LogP contribution in [0.25, 0.3) is 0 Å². The number of hydrogen-bond donors (Lipinski definition) is 3. The van der Waals surface area contributed by atoms with Gasteiger partial charge in [-0.3, -0.25) is 4.99 Å². The number of ether oxygens (including phenoxy) is 3. The average Bonchev–Trinajstić information content (AvgIpc) is 2.66. The predicted molar refractivity (Wildman–Crippen MR) is 132 cm³/mol. The lowest BCUT2D eigenvalue weighted by molar-refractivity contribution is 0.0203. The van der Waals surface area contributed by atoms with Gasteiger partial charge in [0, 0.05) is 52.6 Å². The molecule has 9 heteroatoms. The minimum Gasteiger partial charge on any atom is -0.444 e. The fourth-order valence-corrected chi connectivity index (χ4v) is 3.03. The molecule has 1 amide bonds. The Hall–Kier alpha value is -0.810. The number of nitrogens with one attached hydrogen (secondary N) is 3. The molecule has 1 aliphatic rings. The van der Waals surface area contributed by atoms with E-state index in [-0.39, 0.29) is 36.1 Å². The number of rotatable bonds is 11. The summed E-state index contributed by atoms with van der Waals surface area (Å²) < 4.78 is 16.5. The highest BCUT2D eigenvalue weighted by Gasteiger charge is 2.19. The molecule has 0 saturated carbocycles. The number of hydrogen-bond acceptors (Lipinski definition) is 5. The second-order valence-corrected chi connectivity index (χ2v) is 8.50. The molecule has 1 aliphatic heterocycles. The summed E-state index contributed by atoms with van der Waals surface area (Å²) in [7, 11) is 1.74. The zero-order chi connectivity index (χ0) is 21.5. The van der Waals surface area contributed by atoms with E-state index in [4.69, 9.17) is 14.2 Å². The summed E-state index contributed by atoms with van der Waals surface area (Å²) >= 11 is 0. The van der Waals surface area contributed by atoms with Crippen LogP contribution in [-0.4, -0.2) is 70.3 Å². The van der Waals surface area contributed by atoms with Crippen molar-refractivity contribution in [1.82, 2.24) is 16.0 Å². The van der Waals surface area contributed by atoms with E-state index in [1.165, 1.54) is 0 Å². The van der Waals surface area contributed by atoms with Gasteiger partial charge >= 0.3 is 6.09 Å². The Balaban J connectivity index is 0.00000841. The molecule has 0 radical (unpaired) electrons. The molecule has 1 atom stereocenters. The van der Waals surface area contributed by atoms with Crippen LogP contribution in [0.2, 0.25) is 0 Å². The molecule has 1 saturated heterocycles. The lowest BCUT2D eigenvalue weighted by Gasteiger charge is -2.24. The Morgan fingerprint density at radius 2 is 1.93 bits per heavy atom. The molecule has 1 unspecified atom stereocenters. The molecule has 178 valence electrons. The highest BCUT2D eigenvalue weighted by molar-refractivity contribution is 14.0. The predicted octanol–water partition coefficient (Wildman–Crippen LogP) is 3.30. The maximum absolute atomic E-state index is 12.0. The maximum Gasteiger partial charge on any atom is 0.407 e. The fourth-order valence-electron chi connectivity index (χ4n) is 3.03. The zero-order valence-electron chi connectivity index (χ0n) is 19.4. The van der Waals surface area contributed by atoms with E-state index >= 15 is 0 Å². The molecule has 0 bridgehead atoms. The minimum atomic E-state index is -0.501. The van der Waals surface area contributed by atoms with Gasteiger partial charge in [0.2, 0.25) is 0 Å². The van der Waals surface area contributed by atoms with E-state index in [9.17, 15) is 4.79 Å². The van der Waals surface area contributed by atoms with Crippen molar-refractivity contribution in [2.75, 3.05) is 46.6 Å². The Bertz CT molecular complexity index is 480. The molecule has 0 aromatic carbocycles. The van der Waals surface area contributed by atoms with Crippen LogP contribution in [0.3, 0.4) is 0 Å². The Morgan fingerprint density at radius 1 is 1.23 bits per heavy atom. The Labute approximate surface area is 199 Å². The SMILES string of the molecule is CCCC(CNC(=NC)NCCCOCC1CCOCC1)NC(=O)OC(C)(C)C.I. The standard InChI is InChI=1S/C21H42N4O4.HI/c1-6-8-18(25-20(26)29-21(2,3)4)15-24-19(22-5)23-11-7-12-28-16-17-9-13-27-14-10-17;/h17-18H,6-16H2,1-5H3,(H,25,26)(H2,22,23,24);1H. The summed E-state index contributed by atoms with van der Waals surface area (Å²) in [5, 5.41) is 9.50. The van der Waals surface area contributed by atoms with Crippen molar-refractivity contribution in [3.8, 4) is 0 Å². The Kier molecular flexibility index (Phi) is 16.4. The highest BCUT2D eigenvalue weighted by atomic mass is 127. The van der Waals surface area contributed by atoms with Crippen molar-refractivity contribution >= 4 is 36.0 Å². The first kappa shape index (κ1) is 29.2. The summed E-state index contributed by atoms with van der Waals surface area (Å²) in [6, 6.07) is -0.0174. The molecule has 8 nitrogen and oxygen atoms in total. The van der Waals surface area contributed by atoms with Crippen LogP contribution in [-0.2, 0) is 14.2 Å². The zero-order valence-corrected chi connectivity index (χ0v) is 21.8. The molecule has 0 aromatic rings. The summed E-state index contributed by atoms with van der Waals surface area (Å²) in [6.07, 6.45) is 4.57. The molecule has 1 heterocycles. The quantitative estimate of drug-likeness (QED) is 0.161. The van der Waals surface area contributed by atoms with Crippen LogP contribution in [0.4, 0.5) is 4.79 Å². The van der Waals surface area contributed by atoms with Crippen LogP contribution in [0.1, 0.15) is 59.8 Å². The number of carbonyl (C=O) groups excluding carboxylic acids is 1. The molecule has 0 aliphatic carbocycles. The van der Waals surface area contributed by atoms with Crippen LogP contribution in [0.5, 0.6) is 0 Å². The summed E-state index contributed by atoms with van der Waals surface area (Å²) in [6.45, 7) is 12.3. The number of alkyl carbamates (subject to hydrolysis) is 1. The van der Waals surface area contributed by atoms with E-state index in [2.05, 4.69) is 27.9 Å². The van der Waals surface area contributed by atoms with Crippen molar-refractivity contribution in [3.05, 3.63) is 0 Å². The summed E-state index contributed by atoms with van der Waals surface area (Å²) in [5.74, 6) is 1.36. The molecule has 3 N–H and O–H groups in total. The normalized spacial score (nSPS) is 16.4. The fraction of sp³-hybridized carbons (Fsp3) is 0.905. The molecule has 0 spiro atoms. The largest absolute Gasteiger partial charge is 0.444 e. The number of nitrogens with zero attached hydrogens (tertiary/aromatic N) is 1. The molecule has 1 fully saturated rings. The van der Waals surface area contributed by atoms with Gasteiger partial charge in [-0.15, -0.1) is 24.0 Å². The van der Waals surface area contributed by atoms with Gasteiger partial charge < -0.3 is 30.2 Å². The van der Waals surface area contributed by atoms with E-state index in [0.29, 0.717) is 12.5 Å². The molecule has 1 rings (SSSR count). The smallest absolute Gasteiger partial charge is 0.407 e. The van der Waals surface area contributed by atoms with Crippen LogP contribution in [0.15, 0.2) is 4.99 Å². The van der Waals surface area contributed by atoms with Crippen molar-refractivity contribution in [1.29, 1.82) is 0 Å². The number of carbonyl (C=O) groups is 1. The van der Waals surface area contributed by atoms with Crippen molar-refractivity contribution in [3.63, 3.8) is 0 Å². The third-order valence-electron chi connectivity index (χ3n) is 4.55. The van der Waals surface area contributed by atoms with Crippen LogP contribution < -0.4 is 16.0 Å². The van der Waals surface area contributed by atoms with E-state index in [0.717, 1.165) is 71.0 Å². The van der Waals surface area contributed by atoms with Gasteiger partial charge in [-0.25, -0.2) is 4.79 Å². The second-order valence-electron chi connectivity index (χ2n) is 8.50. The monoisotopic (exact) mass is 542 g/mol. The van der Waals surface area contributed by atoms with Crippen LogP contribution >= 0.6 is 24.0 Å². The van der Waals surface area contributed by atoms with Gasteiger partial charge in [-0.2, -0.15) is 0 Å². The minimum absolute atomic E-state index is 0. The number of amides is 1. The second kappa shape index (κ2) is 16.8. The topological polar surface area (TPSA) is 93.2 Å². The van der Waals surface area contributed by atoms with Crippen LogP contribution in [0, 0.1) is 5.92 Å². The van der Waals surface area contributed by atoms with Gasteiger partial charge in [0.15, 0.2) is 5.96 Å². The van der Waals surface area contributed by atoms with Gasteiger partial charge in [0.25, 0.3) is 0 Å². The Morgan fingerprint density at radius 3 is 2.53 bits per heavy atom. The van der Waals surface area contributed by atoms with Gasteiger partial charge in [0.1, 0.15) is 5.60 Å². The van der Waals surface area contributed by atoms with Gasteiger partial charge in [-0.1, -0.05) is 13.3 Å². The number of guanidine groups is 1. The van der Waals surface area contributed by atoms with Crippen molar-refractivity contribution < 1.29 is 19.0 Å². The molecular formula is C21H43IN4O4. The van der Waals surface area contributed by atoms with E-state index in [1.54, 1.807) is 7.05 Å². The lowest BCUT2D eigenvalue weighted by Crippen LogP contribution is -2.48. The van der Waals surface area contributed by atoms with Gasteiger partial charge in [0.05, 0.1) is 0 Å². The van der Waals surface area contributed by atoms with Crippen molar-refractivity contribution in [2.24, 2.45) is 10.9 Å². The van der Waals surface area contributed by atoms with E-state index < -0.39 is 5.60 Å². The first-order valence-electron chi connectivity index (χ1n) is 10.9. The summed E-state index contributed by atoms with van der Waals surface area (Å²) in [4.78, 5) is 16.3. The van der Waals surface area contributed by atoms with Crippen molar-refractivity contribution in [2.45, 2.75) is 71.4 Å². The lowest BCUT2D eigenvalue weighted by atomic mass is 10.0. The molecule has 30 heavy (non-hydrogen) atoms. The third-order valence-corrected chi connectivity index (χ3v) is 4.55. The molecule has 0 aromatic heterocycles. The van der Waals surface area contributed by atoms with Gasteiger partial charge in [-0.05, 0) is 52.4 Å². The number of aliphatic imine (C=N–C) groups is 1. The first-order chi connectivity index (χ1) is 13.8. The molecular weight excluding hydrogens is 499 g/mol.